The van der Waals surface area contributed by atoms with Gasteiger partial charge in [0.1, 0.15) is 4.99 Å². The zero-order valence-corrected chi connectivity index (χ0v) is 13.2. The van der Waals surface area contributed by atoms with Crippen LogP contribution in [-0.2, 0) is 6.54 Å². The third kappa shape index (κ3) is 4.85. The van der Waals surface area contributed by atoms with Crippen LogP contribution in [0, 0.1) is 0 Å². The van der Waals surface area contributed by atoms with Crippen molar-refractivity contribution in [3.8, 4) is 0 Å². The minimum Gasteiger partial charge on any atom is -0.389 e. The molecule has 0 aliphatic carbocycles. The van der Waals surface area contributed by atoms with E-state index < -0.39 is 0 Å². The van der Waals surface area contributed by atoms with E-state index in [9.17, 15) is 0 Å². The summed E-state index contributed by atoms with van der Waals surface area (Å²) >= 11 is 5.03. The van der Waals surface area contributed by atoms with Crippen LogP contribution >= 0.6 is 12.2 Å². The third-order valence-corrected chi connectivity index (χ3v) is 4.11. The topological polar surface area (TPSA) is 32.5 Å². The maximum atomic E-state index is 5.68. The molecule has 110 valence electrons. The molecule has 1 heterocycles. The molecule has 0 unspecified atom stereocenters. The predicted octanol–water partition coefficient (Wildman–Crippen LogP) is 2.24. The zero-order valence-electron chi connectivity index (χ0n) is 12.3. The van der Waals surface area contributed by atoms with Crippen molar-refractivity contribution in [3.05, 3.63) is 35.4 Å². The van der Waals surface area contributed by atoms with Crippen LogP contribution in [0.2, 0.25) is 0 Å². The monoisotopic (exact) mass is 291 g/mol. The molecular formula is C16H25N3S. The van der Waals surface area contributed by atoms with Gasteiger partial charge in [-0.3, -0.25) is 0 Å². The fourth-order valence-electron chi connectivity index (χ4n) is 2.78. The normalized spacial score (nSPS) is 15.9. The number of nitrogens with two attached hydrogens (primary N) is 1. The lowest BCUT2D eigenvalue weighted by molar-refractivity contribution is 0.275. The summed E-state index contributed by atoms with van der Waals surface area (Å²) in [5.41, 5.74) is 7.91. The summed E-state index contributed by atoms with van der Waals surface area (Å²) in [4.78, 5) is 5.42. The molecule has 0 radical (unpaired) electrons. The van der Waals surface area contributed by atoms with Gasteiger partial charge in [0.05, 0.1) is 0 Å². The maximum Gasteiger partial charge on any atom is 0.103 e. The van der Waals surface area contributed by atoms with E-state index in [1.54, 1.807) is 0 Å². The highest BCUT2D eigenvalue weighted by Gasteiger charge is 2.11. The maximum absolute atomic E-state index is 5.68. The Balaban J connectivity index is 1.74. The molecule has 0 aromatic heterocycles. The first kappa shape index (κ1) is 15.4. The van der Waals surface area contributed by atoms with Gasteiger partial charge in [0.2, 0.25) is 0 Å². The van der Waals surface area contributed by atoms with Crippen LogP contribution in [0.1, 0.15) is 30.4 Å². The van der Waals surface area contributed by atoms with E-state index in [0.717, 1.165) is 18.7 Å². The Labute approximate surface area is 127 Å². The van der Waals surface area contributed by atoms with Crippen LogP contribution in [0.4, 0.5) is 0 Å². The highest BCUT2D eigenvalue weighted by atomic mass is 32.1. The molecule has 1 aliphatic heterocycles. The molecule has 2 N–H and O–H groups in total. The molecule has 2 rings (SSSR count). The van der Waals surface area contributed by atoms with Crippen molar-refractivity contribution in [2.75, 3.05) is 33.2 Å². The minimum atomic E-state index is 0.475. The van der Waals surface area contributed by atoms with Gasteiger partial charge < -0.3 is 15.5 Å². The van der Waals surface area contributed by atoms with Crippen molar-refractivity contribution in [2.24, 2.45) is 5.73 Å². The van der Waals surface area contributed by atoms with Gasteiger partial charge in [-0.1, -0.05) is 30.4 Å². The number of thiocarbonyl (C=S) groups is 1. The minimum absolute atomic E-state index is 0.475. The number of benzene rings is 1. The van der Waals surface area contributed by atoms with Gasteiger partial charge in [-0.2, -0.15) is 0 Å². The summed E-state index contributed by atoms with van der Waals surface area (Å²) in [6, 6.07) is 8.24. The van der Waals surface area contributed by atoms with Crippen molar-refractivity contribution in [1.29, 1.82) is 0 Å². The number of hydrogen-bond donors (Lipinski definition) is 1. The van der Waals surface area contributed by atoms with Crippen molar-refractivity contribution in [2.45, 2.75) is 25.8 Å². The number of likely N-dealkylation sites (tertiary alicyclic amines) is 1. The Hall–Kier alpha value is -0.970. The van der Waals surface area contributed by atoms with E-state index in [0.29, 0.717) is 4.99 Å². The molecule has 0 atom stereocenters. The van der Waals surface area contributed by atoms with Gasteiger partial charge in [0, 0.05) is 12.1 Å². The van der Waals surface area contributed by atoms with Gasteiger partial charge in [-0.05, 0) is 64.1 Å². The van der Waals surface area contributed by atoms with Crippen molar-refractivity contribution < 1.29 is 0 Å². The highest BCUT2D eigenvalue weighted by Crippen LogP contribution is 2.10. The average molecular weight is 291 g/mol. The summed E-state index contributed by atoms with van der Waals surface area (Å²) in [6.45, 7) is 5.90. The lowest BCUT2D eigenvalue weighted by Crippen LogP contribution is -2.26. The standard InChI is InChI=1S/C16H25N3S/c1-18(8-5-11-19-9-2-3-10-19)13-14-6-4-7-15(12-14)16(17)20/h4,6-7,12H,2-3,5,8-11,13H2,1H3,(H2,17,20). The van der Waals surface area contributed by atoms with E-state index in [2.05, 4.69) is 29.0 Å². The van der Waals surface area contributed by atoms with E-state index in [4.69, 9.17) is 18.0 Å². The molecule has 20 heavy (non-hydrogen) atoms. The van der Waals surface area contributed by atoms with Crippen molar-refractivity contribution >= 4 is 17.2 Å². The first-order valence-electron chi connectivity index (χ1n) is 7.45. The Morgan fingerprint density at radius 3 is 2.80 bits per heavy atom. The fraction of sp³-hybridized carbons (Fsp3) is 0.562. The van der Waals surface area contributed by atoms with Gasteiger partial charge in [-0.15, -0.1) is 0 Å². The number of rotatable bonds is 7. The molecule has 1 aliphatic rings. The second-order valence-electron chi connectivity index (χ2n) is 5.70. The molecular weight excluding hydrogens is 266 g/mol. The average Bonchev–Trinajstić information content (AvgIpc) is 2.92. The molecule has 3 nitrogen and oxygen atoms in total. The molecule has 1 fully saturated rings. The lowest BCUT2D eigenvalue weighted by Gasteiger charge is -2.20. The van der Waals surface area contributed by atoms with Crippen LogP contribution < -0.4 is 5.73 Å². The molecule has 0 bridgehead atoms. The third-order valence-electron chi connectivity index (χ3n) is 3.88. The fourth-order valence-corrected chi connectivity index (χ4v) is 2.91. The number of hydrogen-bond acceptors (Lipinski definition) is 3. The van der Waals surface area contributed by atoms with Gasteiger partial charge in [0.25, 0.3) is 0 Å². The SMILES string of the molecule is CN(CCCN1CCCC1)Cc1cccc(C(N)=S)c1. The van der Waals surface area contributed by atoms with Crippen LogP contribution in [-0.4, -0.2) is 48.0 Å². The summed E-state index contributed by atoms with van der Waals surface area (Å²) < 4.78 is 0. The molecule has 4 heteroatoms. The van der Waals surface area contributed by atoms with Crippen molar-refractivity contribution in [3.63, 3.8) is 0 Å². The predicted molar refractivity (Wildman–Crippen MR) is 89.0 cm³/mol. The highest BCUT2D eigenvalue weighted by molar-refractivity contribution is 7.80. The second-order valence-corrected chi connectivity index (χ2v) is 6.14. The van der Waals surface area contributed by atoms with Gasteiger partial charge in [0.15, 0.2) is 0 Å². The Kier molecular flexibility index (Phi) is 5.95. The second kappa shape index (κ2) is 7.72. The molecule has 1 saturated heterocycles. The molecule has 1 aromatic carbocycles. The van der Waals surface area contributed by atoms with Crippen LogP contribution in [0.5, 0.6) is 0 Å². The summed E-state index contributed by atoms with van der Waals surface area (Å²) in [5, 5.41) is 0. The molecule has 0 spiro atoms. The summed E-state index contributed by atoms with van der Waals surface area (Å²) in [5.74, 6) is 0. The molecule has 1 aromatic rings. The lowest BCUT2D eigenvalue weighted by atomic mass is 10.1. The quantitative estimate of drug-likeness (QED) is 0.781. The van der Waals surface area contributed by atoms with E-state index in [1.807, 2.05) is 12.1 Å². The first-order valence-corrected chi connectivity index (χ1v) is 7.85. The van der Waals surface area contributed by atoms with Crippen LogP contribution in [0.15, 0.2) is 24.3 Å². The number of nitrogens with zero attached hydrogens (tertiary/aromatic N) is 2. The smallest absolute Gasteiger partial charge is 0.103 e. The van der Waals surface area contributed by atoms with Gasteiger partial charge >= 0.3 is 0 Å². The van der Waals surface area contributed by atoms with E-state index in [-0.39, 0.29) is 0 Å². The van der Waals surface area contributed by atoms with Crippen LogP contribution in [0.3, 0.4) is 0 Å². The Morgan fingerprint density at radius 1 is 1.35 bits per heavy atom. The van der Waals surface area contributed by atoms with Crippen LogP contribution in [0.25, 0.3) is 0 Å². The largest absolute Gasteiger partial charge is 0.389 e. The Morgan fingerprint density at radius 2 is 2.10 bits per heavy atom. The Bertz CT molecular complexity index is 441. The first-order chi connectivity index (χ1) is 9.65. The molecule has 0 amide bonds. The van der Waals surface area contributed by atoms with E-state index >= 15 is 0 Å². The summed E-state index contributed by atoms with van der Waals surface area (Å²) in [6.07, 6.45) is 3.99. The van der Waals surface area contributed by atoms with E-state index in [1.165, 1.54) is 44.5 Å². The van der Waals surface area contributed by atoms with Gasteiger partial charge in [-0.25, -0.2) is 0 Å². The molecule has 0 saturated carbocycles. The zero-order chi connectivity index (χ0) is 14.4. The van der Waals surface area contributed by atoms with Crippen molar-refractivity contribution in [1.82, 2.24) is 9.80 Å². The summed E-state index contributed by atoms with van der Waals surface area (Å²) in [7, 11) is 2.18.